The average Bonchev–Trinajstić information content (AvgIpc) is 3.02. The first-order chi connectivity index (χ1) is 7.63. The number of carbonyl (C=O) groups is 2. The van der Waals surface area contributed by atoms with E-state index in [1.807, 2.05) is 6.92 Å². The van der Waals surface area contributed by atoms with E-state index in [0.29, 0.717) is 19.6 Å². The fraction of sp³-hybridized carbons (Fsp3) is 0.818. The van der Waals surface area contributed by atoms with E-state index in [4.69, 9.17) is 5.11 Å². The van der Waals surface area contributed by atoms with Gasteiger partial charge in [-0.1, -0.05) is 0 Å². The molecule has 0 unspecified atom stereocenters. The van der Waals surface area contributed by atoms with Crippen LogP contribution in [0.3, 0.4) is 0 Å². The minimum atomic E-state index is -0.864. The Hall–Kier alpha value is -1.10. The highest BCUT2D eigenvalue weighted by Gasteiger charge is 2.21. The molecule has 1 rings (SSSR count). The molecule has 0 aromatic carbocycles. The molecule has 92 valence electrons. The van der Waals surface area contributed by atoms with Crippen LogP contribution >= 0.6 is 0 Å². The van der Waals surface area contributed by atoms with Crippen molar-refractivity contribution in [3.63, 3.8) is 0 Å². The van der Waals surface area contributed by atoms with Gasteiger partial charge in [0.1, 0.15) is 0 Å². The van der Waals surface area contributed by atoms with E-state index in [0.717, 1.165) is 12.5 Å². The second-order valence-corrected chi connectivity index (χ2v) is 4.19. The van der Waals surface area contributed by atoms with Crippen molar-refractivity contribution < 1.29 is 14.7 Å². The van der Waals surface area contributed by atoms with Crippen molar-refractivity contribution in [3.05, 3.63) is 0 Å². The van der Waals surface area contributed by atoms with Crippen LogP contribution in [0.15, 0.2) is 0 Å². The normalized spacial score (nSPS) is 14.8. The van der Waals surface area contributed by atoms with E-state index in [1.54, 1.807) is 4.90 Å². The first kappa shape index (κ1) is 13.0. The average molecular weight is 228 g/mol. The molecule has 0 heterocycles. The predicted octanol–water partition coefficient (Wildman–Crippen LogP) is 0.309. The summed E-state index contributed by atoms with van der Waals surface area (Å²) in [6, 6.07) is 0. The summed E-state index contributed by atoms with van der Waals surface area (Å²) in [5.41, 5.74) is 0. The maximum atomic E-state index is 11.7. The van der Waals surface area contributed by atoms with Crippen molar-refractivity contribution in [2.24, 2.45) is 5.92 Å². The molecule has 0 aromatic heterocycles. The zero-order valence-corrected chi connectivity index (χ0v) is 9.74. The summed E-state index contributed by atoms with van der Waals surface area (Å²) >= 11 is 0. The first-order valence-corrected chi connectivity index (χ1v) is 5.83. The summed E-state index contributed by atoms with van der Waals surface area (Å²) in [5, 5.41) is 11.7. The van der Waals surface area contributed by atoms with Crippen LogP contribution in [0.4, 0.5) is 0 Å². The number of hydrogen-bond donors (Lipinski definition) is 2. The number of carboxylic acid groups (broad SMARTS) is 1. The molecule has 0 saturated heterocycles. The Labute approximate surface area is 95.8 Å². The highest BCUT2D eigenvalue weighted by atomic mass is 16.4. The van der Waals surface area contributed by atoms with Gasteiger partial charge in [0.05, 0.1) is 13.0 Å². The van der Waals surface area contributed by atoms with Crippen LogP contribution in [0, 0.1) is 5.92 Å². The van der Waals surface area contributed by atoms with Crippen molar-refractivity contribution >= 4 is 11.9 Å². The van der Waals surface area contributed by atoms with Crippen molar-refractivity contribution in [3.8, 4) is 0 Å². The molecule has 2 N–H and O–H groups in total. The molecule has 0 aliphatic heterocycles. The van der Waals surface area contributed by atoms with Crippen LogP contribution in [0.2, 0.25) is 0 Å². The monoisotopic (exact) mass is 228 g/mol. The molecule has 0 spiro atoms. The summed E-state index contributed by atoms with van der Waals surface area (Å²) in [6.07, 6.45) is 2.54. The molecule has 5 heteroatoms. The molecule has 0 bridgehead atoms. The Bertz CT molecular complexity index is 252. The third-order valence-corrected chi connectivity index (χ3v) is 2.74. The lowest BCUT2D eigenvalue weighted by Gasteiger charge is -2.20. The van der Waals surface area contributed by atoms with Crippen LogP contribution in [0.5, 0.6) is 0 Å². The van der Waals surface area contributed by atoms with Gasteiger partial charge in [-0.25, -0.2) is 0 Å². The van der Waals surface area contributed by atoms with Crippen LogP contribution < -0.4 is 5.32 Å². The summed E-state index contributed by atoms with van der Waals surface area (Å²) in [4.78, 5) is 23.6. The Balaban J connectivity index is 2.15. The third kappa shape index (κ3) is 5.11. The van der Waals surface area contributed by atoms with E-state index in [2.05, 4.69) is 5.32 Å². The SMILES string of the molecule is CCN(CCC(=O)O)C(=O)CNCC1CC1. The maximum absolute atomic E-state index is 11.7. The fourth-order valence-corrected chi connectivity index (χ4v) is 1.51. The lowest BCUT2D eigenvalue weighted by Crippen LogP contribution is -2.39. The minimum Gasteiger partial charge on any atom is -0.481 e. The van der Waals surface area contributed by atoms with Gasteiger partial charge in [0, 0.05) is 13.1 Å². The van der Waals surface area contributed by atoms with Gasteiger partial charge >= 0.3 is 5.97 Å². The number of aliphatic carboxylic acids is 1. The van der Waals surface area contributed by atoms with Crippen molar-refractivity contribution in [1.29, 1.82) is 0 Å². The van der Waals surface area contributed by atoms with Crippen molar-refractivity contribution in [2.75, 3.05) is 26.2 Å². The lowest BCUT2D eigenvalue weighted by atomic mass is 10.3. The molecular formula is C11H20N2O3. The second kappa shape index (κ2) is 6.48. The van der Waals surface area contributed by atoms with Gasteiger partial charge in [0.2, 0.25) is 5.91 Å². The highest BCUT2D eigenvalue weighted by Crippen LogP contribution is 2.27. The van der Waals surface area contributed by atoms with E-state index in [-0.39, 0.29) is 12.3 Å². The van der Waals surface area contributed by atoms with Crippen LogP contribution in [-0.2, 0) is 9.59 Å². The predicted molar refractivity (Wildman–Crippen MR) is 60.1 cm³/mol. The maximum Gasteiger partial charge on any atom is 0.305 e. The smallest absolute Gasteiger partial charge is 0.305 e. The zero-order valence-electron chi connectivity index (χ0n) is 9.74. The topological polar surface area (TPSA) is 69.6 Å². The van der Waals surface area contributed by atoms with Crippen LogP contribution in [0.1, 0.15) is 26.2 Å². The molecule has 1 aliphatic rings. The van der Waals surface area contributed by atoms with Gasteiger partial charge in [-0.2, -0.15) is 0 Å². The van der Waals surface area contributed by atoms with Crippen molar-refractivity contribution in [2.45, 2.75) is 26.2 Å². The van der Waals surface area contributed by atoms with Crippen molar-refractivity contribution in [1.82, 2.24) is 10.2 Å². The van der Waals surface area contributed by atoms with Gasteiger partial charge < -0.3 is 15.3 Å². The lowest BCUT2D eigenvalue weighted by molar-refractivity contribution is -0.138. The van der Waals surface area contributed by atoms with E-state index >= 15 is 0 Å². The largest absolute Gasteiger partial charge is 0.481 e. The molecule has 1 saturated carbocycles. The number of nitrogens with zero attached hydrogens (tertiary/aromatic N) is 1. The Kier molecular flexibility index (Phi) is 5.25. The summed E-state index contributed by atoms with van der Waals surface area (Å²) < 4.78 is 0. The van der Waals surface area contributed by atoms with Gasteiger partial charge in [0.25, 0.3) is 0 Å². The minimum absolute atomic E-state index is 0.00981. The fourth-order valence-electron chi connectivity index (χ4n) is 1.51. The summed E-state index contributed by atoms with van der Waals surface area (Å²) in [5.74, 6) is -0.122. The molecule has 0 radical (unpaired) electrons. The molecule has 0 atom stereocenters. The Morgan fingerprint density at radius 2 is 2.12 bits per heavy atom. The summed E-state index contributed by atoms with van der Waals surface area (Å²) in [7, 11) is 0. The summed E-state index contributed by atoms with van der Waals surface area (Å²) in [6.45, 7) is 3.96. The van der Waals surface area contributed by atoms with Crippen LogP contribution in [-0.4, -0.2) is 48.1 Å². The van der Waals surface area contributed by atoms with E-state index in [9.17, 15) is 9.59 Å². The zero-order chi connectivity index (χ0) is 12.0. The number of rotatable bonds is 8. The Morgan fingerprint density at radius 1 is 1.44 bits per heavy atom. The third-order valence-electron chi connectivity index (χ3n) is 2.74. The number of carbonyl (C=O) groups excluding carboxylic acids is 1. The number of amides is 1. The van der Waals surface area contributed by atoms with Gasteiger partial charge in [-0.05, 0) is 32.2 Å². The second-order valence-electron chi connectivity index (χ2n) is 4.19. The molecular weight excluding hydrogens is 208 g/mol. The highest BCUT2D eigenvalue weighted by molar-refractivity contribution is 5.78. The quantitative estimate of drug-likeness (QED) is 0.627. The molecule has 1 amide bonds. The first-order valence-electron chi connectivity index (χ1n) is 5.83. The standard InChI is InChI=1S/C11H20N2O3/c1-2-13(6-5-11(15)16)10(14)8-12-7-9-3-4-9/h9,12H,2-8H2,1H3,(H,15,16). The number of likely N-dealkylation sites (N-methyl/N-ethyl adjacent to an activating group) is 1. The molecule has 1 fully saturated rings. The Morgan fingerprint density at radius 3 is 2.62 bits per heavy atom. The van der Waals surface area contributed by atoms with Gasteiger partial charge in [-0.3, -0.25) is 9.59 Å². The van der Waals surface area contributed by atoms with Gasteiger partial charge in [-0.15, -0.1) is 0 Å². The number of hydrogen-bond acceptors (Lipinski definition) is 3. The van der Waals surface area contributed by atoms with Crippen LogP contribution in [0.25, 0.3) is 0 Å². The molecule has 16 heavy (non-hydrogen) atoms. The number of carboxylic acids is 1. The van der Waals surface area contributed by atoms with E-state index < -0.39 is 5.97 Å². The molecule has 0 aromatic rings. The molecule has 5 nitrogen and oxygen atoms in total. The van der Waals surface area contributed by atoms with E-state index in [1.165, 1.54) is 12.8 Å². The van der Waals surface area contributed by atoms with Gasteiger partial charge in [0.15, 0.2) is 0 Å². The molecule has 1 aliphatic carbocycles. The number of nitrogens with one attached hydrogen (secondary N) is 1.